The Balaban J connectivity index is 1.84. The minimum absolute atomic E-state index is 0.0108. The average molecular weight is 338 g/mol. The molecule has 126 valence electrons. The van der Waals surface area contributed by atoms with Crippen molar-refractivity contribution in [3.05, 3.63) is 59.7 Å². The lowest BCUT2D eigenvalue weighted by atomic mass is 10.0. The highest BCUT2D eigenvalue weighted by atomic mass is 16.3. The number of benzene rings is 3. The molecule has 7 nitrogen and oxygen atoms in total. The molecule has 3 aromatic rings. The van der Waals surface area contributed by atoms with Crippen LogP contribution in [0.15, 0.2) is 53.6 Å². The summed E-state index contributed by atoms with van der Waals surface area (Å²) in [5.41, 5.74) is 2.58. The molecular formula is C18H14N2O5. The summed E-state index contributed by atoms with van der Waals surface area (Å²) in [6.45, 7) is 0. The highest BCUT2D eigenvalue weighted by Gasteiger charge is 2.13. The normalized spacial score (nSPS) is 11.0. The summed E-state index contributed by atoms with van der Waals surface area (Å²) >= 11 is 0. The molecule has 5 N–H and O–H groups in total. The Kier molecular flexibility index (Phi) is 4.13. The van der Waals surface area contributed by atoms with E-state index in [-0.39, 0.29) is 11.3 Å². The fourth-order valence-electron chi connectivity index (χ4n) is 2.38. The van der Waals surface area contributed by atoms with Gasteiger partial charge in [-0.1, -0.05) is 30.3 Å². The van der Waals surface area contributed by atoms with E-state index in [0.717, 1.165) is 22.9 Å². The summed E-state index contributed by atoms with van der Waals surface area (Å²) in [5, 5.41) is 43.6. The zero-order valence-corrected chi connectivity index (χ0v) is 12.8. The van der Waals surface area contributed by atoms with Gasteiger partial charge in [0.15, 0.2) is 17.2 Å². The van der Waals surface area contributed by atoms with Crippen molar-refractivity contribution in [2.24, 2.45) is 5.10 Å². The molecule has 0 spiro atoms. The third kappa shape index (κ3) is 3.16. The standard InChI is InChI=1S/C18H14N2O5/c21-14-6-5-10-3-1-2-4-12(10)13(14)9-19-20-18(25)11-7-15(22)17(24)16(23)8-11/h1-9,21-24H,(H,20,25)/b19-9+. The first kappa shape index (κ1) is 16.1. The first-order valence-corrected chi connectivity index (χ1v) is 7.26. The van der Waals surface area contributed by atoms with Crippen molar-refractivity contribution in [1.29, 1.82) is 0 Å². The topological polar surface area (TPSA) is 122 Å². The van der Waals surface area contributed by atoms with Gasteiger partial charge in [0.25, 0.3) is 5.91 Å². The van der Waals surface area contributed by atoms with Gasteiger partial charge in [0, 0.05) is 11.1 Å². The van der Waals surface area contributed by atoms with E-state index in [1.54, 1.807) is 6.07 Å². The van der Waals surface area contributed by atoms with Crippen molar-refractivity contribution in [2.75, 3.05) is 0 Å². The molecule has 0 aliphatic carbocycles. The molecule has 0 saturated carbocycles. The van der Waals surface area contributed by atoms with Crippen LogP contribution in [0, 0.1) is 0 Å². The SMILES string of the molecule is O=C(N/N=C/c1c(O)ccc2ccccc12)c1cc(O)c(O)c(O)c1. The summed E-state index contributed by atoms with van der Waals surface area (Å²) < 4.78 is 0. The predicted molar refractivity (Wildman–Crippen MR) is 92.1 cm³/mol. The second kappa shape index (κ2) is 6.40. The molecule has 0 aliphatic rings. The number of aromatic hydroxyl groups is 4. The fourth-order valence-corrected chi connectivity index (χ4v) is 2.38. The number of phenolic OH excluding ortho intramolecular Hbond substituents is 4. The highest BCUT2D eigenvalue weighted by molar-refractivity contribution is 6.03. The third-order valence-corrected chi connectivity index (χ3v) is 3.64. The Morgan fingerprint density at radius 2 is 1.60 bits per heavy atom. The van der Waals surface area contributed by atoms with Crippen LogP contribution in [0.25, 0.3) is 10.8 Å². The number of carbonyl (C=O) groups is 1. The van der Waals surface area contributed by atoms with Crippen LogP contribution in [0.3, 0.4) is 0 Å². The Labute approximate surface area is 142 Å². The van der Waals surface area contributed by atoms with Crippen LogP contribution < -0.4 is 5.43 Å². The number of hydrazone groups is 1. The number of nitrogens with zero attached hydrogens (tertiary/aromatic N) is 1. The Morgan fingerprint density at radius 3 is 2.32 bits per heavy atom. The monoisotopic (exact) mass is 338 g/mol. The van der Waals surface area contributed by atoms with E-state index in [4.69, 9.17) is 0 Å². The van der Waals surface area contributed by atoms with E-state index in [9.17, 15) is 25.2 Å². The lowest BCUT2D eigenvalue weighted by Gasteiger charge is -2.06. The maximum absolute atomic E-state index is 12.0. The number of carbonyl (C=O) groups excluding carboxylic acids is 1. The molecule has 3 rings (SSSR count). The summed E-state index contributed by atoms with van der Waals surface area (Å²) in [4.78, 5) is 12.0. The van der Waals surface area contributed by atoms with Crippen LogP contribution in [-0.2, 0) is 0 Å². The van der Waals surface area contributed by atoms with Crippen LogP contribution in [0.1, 0.15) is 15.9 Å². The van der Waals surface area contributed by atoms with E-state index in [1.165, 1.54) is 12.3 Å². The van der Waals surface area contributed by atoms with Gasteiger partial charge in [-0.2, -0.15) is 5.10 Å². The van der Waals surface area contributed by atoms with Gasteiger partial charge in [-0.15, -0.1) is 0 Å². The van der Waals surface area contributed by atoms with Crippen molar-refractivity contribution < 1.29 is 25.2 Å². The summed E-state index contributed by atoms with van der Waals surface area (Å²) in [6, 6.07) is 12.7. The van der Waals surface area contributed by atoms with Gasteiger partial charge < -0.3 is 20.4 Å². The van der Waals surface area contributed by atoms with Crippen molar-refractivity contribution in [2.45, 2.75) is 0 Å². The number of hydrogen-bond acceptors (Lipinski definition) is 6. The zero-order chi connectivity index (χ0) is 18.0. The van der Waals surface area contributed by atoms with E-state index < -0.39 is 23.2 Å². The third-order valence-electron chi connectivity index (χ3n) is 3.64. The molecule has 7 heteroatoms. The van der Waals surface area contributed by atoms with Gasteiger partial charge in [-0.3, -0.25) is 4.79 Å². The number of phenols is 4. The summed E-state index contributed by atoms with van der Waals surface area (Å²) in [5.74, 6) is -2.65. The lowest BCUT2D eigenvalue weighted by molar-refractivity contribution is 0.0954. The summed E-state index contributed by atoms with van der Waals surface area (Å²) in [7, 11) is 0. The first-order chi connectivity index (χ1) is 12.0. The van der Waals surface area contributed by atoms with Crippen LogP contribution in [0.4, 0.5) is 0 Å². The Morgan fingerprint density at radius 1 is 0.920 bits per heavy atom. The van der Waals surface area contributed by atoms with Gasteiger partial charge in [0.05, 0.1) is 6.21 Å². The van der Waals surface area contributed by atoms with E-state index >= 15 is 0 Å². The highest BCUT2D eigenvalue weighted by Crippen LogP contribution is 2.35. The number of amides is 1. The van der Waals surface area contributed by atoms with Gasteiger partial charge in [0.2, 0.25) is 0 Å². The van der Waals surface area contributed by atoms with Crippen LogP contribution >= 0.6 is 0 Å². The Hall–Kier alpha value is -3.74. The fraction of sp³-hybridized carbons (Fsp3) is 0. The largest absolute Gasteiger partial charge is 0.507 e. The predicted octanol–water partition coefficient (Wildman–Crippen LogP) is 2.43. The summed E-state index contributed by atoms with van der Waals surface area (Å²) in [6.07, 6.45) is 1.30. The average Bonchev–Trinajstić information content (AvgIpc) is 2.61. The van der Waals surface area contributed by atoms with Crippen molar-refractivity contribution in [1.82, 2.24) is 5.43 Å². The number of fused-ring (bicyclic) bond motifs is 1. The van der Waals surface area contributed by atoms with Crippen LogP contribution in [0.2, 0.25) is 0 Å². The maximum Gasteiger partial charge on any atom is 0.271 e. The van der Waals surface area contributed by atoms with Crippen molar-refractivity contribution in [3.63, 3.8) is 0 Å². The first-order valence-electron chi connectivity index (χ1n) is 7.26. The maximum atomic E-state index is 12.0. The Bertz CT molecular complexity index is 975. The molecule has 1 amide bonds. The van der Waals surface area contributed by atoms with Crippen molar-refractivity contribution >= 4 is 22.9 Å². The molecule has 0 fully saturated rings. The number of rotatable bonds is 3. The molecule has 0 saturated heterocycles. The van der Waals surface area contributed by atoms with E-state index in [0.29, 0.717) is 5.56 Å². The molecule has 0 atom stereocenters. The molecule has 25 heavy (non-hydrogen) atoms. The van der Waals surface area contributed by atoms with Crippen LogP contribution in [-0.4, -0.2) is 32.5 Å². The number of nitrogens with one attached hydrogen (secondary N) is 1. The molecule has 0 aliphatic heterocycles. The zero-order valence-electron chi connectivity index (χ0n) is 12.8. The molecule has 0 unspecified atom stereocenters. The van der Waals surface area contributed by atoms with Gasteiger partial charge in [0.1, 0.15) is 5.75 Å². The molecule has 0 radical (unpaired) electrons. The minimum Gasteiger partial charge on any atom is -0.507 e. The van der Waals surface area contributed by atoms with E-state index in [1.807, 2.05) is 24.3 Å². The lowest BCUT2D eigenvalue weighted by Crippen LogP contribution is -2.17. The van der Waals surface area contributed by atoms with Gasteiger partial charge in [-0.05, 0) is 29.0 Å². The smallest absolute Gasteiger partial charge is 0.271 e. The van der Waals surface area contributed by atoms with Crippen LogP contribution in [0.5, 0.6) is 23.0 Å². The molecule has 0 aromatic heterocycles. The van der Waals surface area contributed by atoms with Crippen molar-refractivity contribution in [3.8, 4) is 23.0 Å². The van der Waals surface area contributed by atoms with Gasteiger partial charge in [-0.25, -0.2) is 5.43 Å². The molecule has 0 heterocycles. The van der Waals surface area contributed by atoms with E-state index in [2.05, 4.69) is 10.5 Å². The quantitative estimate of drug-likeness (QED) is 0.285. The second-order valence-corrected chi connectivity index (χ2v) is 5.28. The second-order valence-electron chi connectivity index (χ2n) is 5.28. The number of hydrogen-bond donors (Lipinski definition) is 5. The molecule has 3 aromatic carbocycles. The van der Waals surface area contributed by atoms with Gasteiger partial charge >= 0.3 is 0 Å². The molecular weight excluding hydrogens is 324 g/mol. The molecule has 0 bridgehead atoms. The minimum atomic E-state index is -0.708.